The second-order valence-electron chi connectivity index (χ2n) is 26.0. The summed E-state index contributed by atoms with van der Waals surface area (Å²) in [5.74, 6) is 0. The Labute approximate surface area is 566 Å². The van der Waals surface area contributed by atoms with E-state index in [1.54, 1.807) is 0 Å². The molecule has 0 aliphatic carbocycles. The first-order chi connectivity index (χ1) is 47.6. The van der Waals surface area contributed by atoms with Crippen LogP contribution >= 0.6 is 45.3 Å². The molecule has 96 heavy (non-hydrogen) atoms. The summed E-state index contributed by atoms with van der Waals surface area (Å²) in [6.07, 6.45) is 0. The Morgan fingerprint density at radius 2 is 0.500 bits per heavy atom. The number of thiophene rings is 4. The third-order valence-electron chi connectivity index (χ3n) is 21.0. The van der Waals surface area contributed by atoms with Crippen LogP contribution in [-0.4, -0.2) is 0 Å². The van der Waals surface area contributed by atoms with Crippen LogP contribution in [0.3, 0.4) is 0 Å². The Morgan fingerprint density at radius 1 is 0.156 bits per heavy atom. The quantitative estimate of drug-likeness (QED) is 0.151. The molecule has 0 radical (unpaired) electrons. The van der Waals surface area contributed by atoms with Crippen molar-refractivity contribution in [2.75, 3.05) is 0 Å². The van der Waals surface area contributed by atoms with E-state index in [1.165, 1.54) is 223 Å². The Bertz CT molecular complexity index is 7090. The summed E-state index contributed by atoms with van der Waals surface area (Å²) < 4.78 is 10.6. The average molecular weight is 1280 g/mol. The van der Waals surface area contributed by atoms with Gasteiger partial charge in [-0.2, -0.15) is 0 Å². The van der Waals surface area contributed by atoms with Gasteiger partial charge in [0.15, 0.2) is 0 Å². The Hall–Kier alpha value is -11.1. The molecule has 4 heteroatoms. The molecule has 4 heterocycles. The molecule has 0 amide bonds. The summed E-state index contributed by atoms with van der Waals surface area (Å²) >= 11 is 7.68. The van der Waals surface area contributed by atoms with Crippen molar-refractivity contribution in [3.05, 3.63) is 303 Å². The molecular formula is C92H50S4. The van der Waals surface area contributed by atoms with Gasteiger partial charge in [0.25, 0.3) is 0 Å². The summed E-state index contributed by atoms with van der Waals surface area (Å²) in [5, 5.41) is 31.1. The molecule has 0 saturated heterocycles. The molecule has 0 fully saturated rings. The minimum absolute atomic E-state index is 1.22. The van der Waals surface area contributed by atoms with Crippen molar-refractivity contribution in [2.24, 2.45) is 0 Å². The van der Waals surface area contributed by atoms with Gasteiger partial charge in [-0.15, -0.1) is 45.3 Å². The summed E-state index contributed by atoms with van der Waals surface area (Å²) in [6, 6.07) is 115. The van der Waals surface area contributed by atoms with Crippen molar-refractivity contribution >= 4 is 212 Å². The fourth-order valence-electron chi connectivity index (χ4n) is 16.8. The standard InChI is InChI=1S/C92H50S4/c1-2-16-53-46-57(33-29-51(53)15-1)83-62-18-3-7-22-66(62)86(67-23-8-4-19-63(67)83)60-37-41-74-81(49-60)95-79-44-42-70-75(50-82-90(91(70)89(74)79)72-26-12-14-28-77(72)93-82)56-32-30-55-47-58(34-31-54(55)45-56)84-64-20-5-9-24-68(64)85(69-25-10-6-21-65(69)84)59-36-40-73-80(48-59)94-78-43-38-52-35-39-71-61-17-11-13-27-76(61)96-92(71)87(52)88(73)78/h1-50H. The lowest BCUT2D eigenvalue weighted by Gasteiger charge is -2.18. The van der Waals surface area contributed by atoms with Crippen LogP contribution in [0.2, 0.25) is 0 Å². The van der Waals surface area contributed by atoms with Crippen LogP contribution in [0, 0.1) is 0 Å². The van der Waals surface area contributed by atoms with E-state index in [-0.39, 0.29) is 0 Å². The first kappa shape index (κ1) is 53.3. The van der Waals surface area contributed by atoms with Crippen LogP contribution in [0.1, 0.15) is 0 Å². The van der Waals surface area contributed by atoms with Crippen LogP contribution in [0.15, 0.2) is 303 Å². The third-order valence-corrected chi connectivity index (χ3v) is 25.5. The van der Waals surface area contributed by atoms with Crippen molar-refractivity contribution in [1.82, 2.24) is 0 Å². The molecule has 0 bridgehead atoms. The summed E-state index contributed by atoms with van der Waals surface area (Å²) in [4.78, 5) is 0. The Kier molecular flexibility index (Phi) is 11.2. The molecular weight excluding hydrogens is 1230 g/mol. The minimum atomic E-state index is 1.22. The van der Waals surface area contributed by atoms with Gasteiger partial charge in [-0.25, -0.2) is 0 Å². The van der Waals surface area contributed by atoms with Crippen molar-refractivity contribution in [1.29, 1.82) is 0 Å². The zero-order valence-corrected chi connectivity index (χ0v) is 54.8. The number of hydrogen-bond acceptors (Lipinski definition) is 4. The van der Waals surface area contributed by atoms with Crippen LogP contribution in [-0.2, 0) is 0 Å². The highest BCUT2D eigenvalue weighted by atomic mass is 32.1. The highest BCUT2D eigenvalue weighted by molar-refractivity contribution is 7.28. The molecule has 0 aliphatic heterocycles. The lowest BCUT2D eigenvalue weighted by molar-refractivity contribution is 1.68. The lowest BCUT2D eigenvalue weighted by Crippen LogP contribution is -1.91. The first-order valence-corrected chi connectivity index (χ1v) is 36.2. The fraction of sp³-hybridized carbons (Fsp3) is 0. The third kappa shape index (κ3) is 7.64. The Morgan fingerprint density at radius 3 is 1.06 bits per heavy atom. The second kappa shape index (κ2) is 20.2. The van der Waals surface area contributed by atoms with E-state index in [0.717, 1.165) is 0 Å². The van der Waals surface area contributed by atoms with Gasteiger partial charge in [-0.05, 0) is 192 Å². The summed E-state index contributed by atoms with van der Waals surface area (Å²) in [6.45, 7) is 0. The number of rotatable bonds is 5. The molecule has 0 aliphatic rings. The summed E-state index contributed by atoms with van der Waals surface area (Å²) in [7, 11) is 0. The van der Waals surface area contributed by atoms with Crippen LogP contribution in [0.5, 0.6) is 0 Å². The first-order valence-electron chi connectivity index (χ1n) is 32.9. The average Bonchev–Trinajstić information content (AvgIpc) is 1.53. The molecule has 0 N–H and O–H groups in total. The lowest BCUT2D eigenvalue weighted by atomic mass is 9.85. The topological polar surface area (TPSA) is 0 Å². The monoisotopic (exact) mass is 1280 g/mol. The zero-order chi connectivity index (χ0) is 62.4. The normalized spacial score (nSPS) is 12.4. The van der Waals surface area contributed by atoms with Gasteiger partial charge < -0.3 is 0 Å². The summed E-state index contributed by atoms with van der Waals surface area (Å²) in [5.41, 5.74) is 12.6. The maximum atomic E-state index is 2.48. The number of hydrogen-bond donors (Lipinski definition) is 0. The molecule has 4 aromatic heterocycles. The van der Waals surface area contributed by atoms with Crippen LogP contribution < -0.4 is 0 Å². The van der Waals surface area contributed by atoms with Crippen LogP contribution in [0.25, 0.3) is 223 Å². The molecule has 0 saturated carbocycles. The van der Waals surface area contributed by atoms with E-state index >= 15 is 0 Å². The molecule has 0 unspecified atom stereocenters. The zero-order valence-electron chi connectivity index (χ0n) is 51.5. The van der Waals surface area contributed by atoms with E-state index in [1.807, 2.05) is 45.3 Å². The van der Waals surface area contributed by atoms with E-state index in [9.17, 15) is 0 Å². The van der Waals surface area contributed by atoms with Crippen molar-refractivity contribution in [3.63, 3.8) is 0 Å². The van der Waals surface area contributed by atoms with Gasteiger partial charge in [-0.1, -0.05) is 243 Å². The number of fused-ring (bicyclic) bond motifs is 24. The van der Waals surface area contributed by atoms with E-state index in [4.69, 9.17) is 0 Å². The highest BCUT2D eigenvalue weighted by Crippen LogP contribution is 2.53. The molecule has 18 aromatic carbocycles. The number of benzene rings is 18. The minimum Gasteiger partial charge on any atom is -0.135 e. The van der Waals surface area contributed by atoms with Gasteiger partial charge in [0.2, 0.25) is 0 Å². The molecule has 22 aromatic rings. The van der Waals surface area contributed by atoms with E-state index in [0.29, 0.717) is 0 Å². The van der Waals surface area contributed by atoms with Gasteiger partial charge in [0.1, 0.15) is 0 Å². The van der Waals surface area contributed by atoms with E-state index in [2.05, 4.69) is 303 Å². The van der Waals surface area contributed by atoms with Crippen molar-refractivity contribution < 1.29 is 0 Å². The predicted molar refractivity (Wildman–Crippen MR) is 425 cm³/mol. The molecule has 442 valence electrons. The van der Waals surface area contributed by atoms with Gasteiger partial charge in [-0.3, -0.25) is 0 Å². The molecule has 22 rings (SSSR count). The maximum absolute atomic E-state index is 2.48. The molecule has 0 spiro atoms. The largest absolute Gasteiger partial charge is 0.135 e. The predicted octanol–water partition coefficient (Wildman–Crippen LogP) is 28.7. The van der Waals surface area contributed by atoms with Gasteiger partial charge in [0, 0.05) is 91.5 Å². The Balaban J connectivity index is 0.676. The van der Waals surface area contributed by atoms with Gasteiger partial charge in [0.05, 0.1) is 0 Å². The van der Waals surface area contributed by atoms with Crippen LogP contribution in [0.4, 0.5) is 0 Å². The smallest absolute Gasteiger partial charge is 0.0440 e. The van der Waals surface area contributed by atoms with Crippen molar-refractivity contribution in [2.45, 2.75) is 0 Å². The van der Waals surface area contributed by atoms with E-state index < -0.39 is 0 Å². The van der Waals surface area contributed by atoms with Gasteiger partial charge >= 0.3 is 0 Å². The maximum Gasteiger partial charge on any atom is 0.0440 e. The molecule has 0 nitrogen and oxygen atoms in total. The van der Waals surface area contributed by atoms with Crippen molar-refractivity contribution in [3.8, 4) is 55.6 Å². The highest BCUT2D eigenvalue weighted by Gasteiger charge is 2.24. The SMILES string of the molecule is c1ccc2cc(-c3c4ccccc4c(-c4ccc5c(c4)sc4ccc6c(-c7ccc8cc(-c9c%10ccccc%10c(-c%10ccc%11c(c%10)sc%10ccc%12ccc%13c%14ccccc%14sc%13c%12c%10%11)c%10ccccc9%10)ccc8c7)cc7sc8ccccc8c7c6c45)c4ccccc34)ccc2c1. The second-order valence-corrected chi connectivity index (χ2v) is 30.3. The molecule has 0 atom stereocenters. The fourth-order valence-corrected chi connectivity index (χ4v) is 21.5.